The lowest BCUT2D eigenvalue weighted by Crippen LogP contribution is -2.39. The number of fused-ring (bicyclic) bond motifs is 1. The van der Waals surface area contributed by atoms with Crippen molar-refractivity contribution in [3.63, 3.8) is 0 Å². The van der Waals surface area contributed by atoms with Gasteiger partial charge in [0.1, 0.15) is 12.1 Å². The lowest BCUT2D eigenvalue weighted by atomic mass is 9.95. The van der Waals surface area contributed by atoms with Crippen LogP contribution in [0.15, 0.2) is 72.8 Å². The van der Waals surface area contributed by atoms with E-state index in [1.54, 1.807) is 24.3 Å². The molecule has 0 saturated carbocycles. The van der Waals surface area contributed by atoms with Crippen LogP contribution in [0.1, 0.15) is 27.5 Å². The summed E-state index contributed by atoms with van der Waals surface area (Å²) in [5, 5.41) is 14.7. The standard InChI is InChI=1S/C22H16ClN3O4/c23-15-10-11-18-17(12-15)21(14-6-2-1-3-7-14)25(13-20(27)24-18)22(28)16-8-4-5-9-19(16)26(29)30/h1-12,21H,13H2,(H,24,27)/t21-/m1/s1. The number of rotatable bonds is 3. The van der Waals surface area contributed by atoms with E-state index < -0.39 is 22.8 Å². The van der Waals surface area contributed by atoms with Gasteiger partial charge in [0, 0.05) is 22.3 Å². The predicted octanol–water partition coefficient (Wildman–Crippen LogP) is 4.43. The topological polar surface area (TPSA) is 92.5 Å². The van der Waals surface area contributed by atoms with Crippen molar-refractivity contribution in [1.82, 2.24) is 4.90 Å². The summed E-state index contributed by atoms with van der Waals surface area (Å²) < 4.78 is 0. The number of benzene rings is 3. The minimum absolute atomic E-state index is 0.0818. The maximum Gasteiger partial charge on any atom is 0.282 e. The van der Waals surface area contributed by atoms with Crippen LogP contribution in [0.25, 0.3) is 0 Å². The zero-order valence-corrected chi connectivity index (χ0v) is 16.4. The van der Waals surface area contributed by atoms with E-state index in [2.05, 4.69) is 5.32 Å². The van der Waals surface area contributed by atoms with E-state index in [-0.39, 0.29) is 17.8 Å². The Kier molecular flexibility index (Phi) is 5.20. The summed E-state index contributed by atoms with van der Waals surface area (Å²) in [5.74, 6) is -1.01. The molecule has 0 spiro atoms. The molecule has 0 fully saturated rings. The Morgan fingerprint density at radius 1 is 1.07 bits per heavy atom. The van der Waals surface area contributed by atoms with Crippen molar-refractivity contribution in [3.8, 4) is 0 Å². The predicted molar refractivity (Wildman–Crippen MR) is 112 cm³/mol. The lowest BCUT2D eigenvalue weighted by Gasteiger charge is -2.30. The van der Waals surface area contributed by atoms with Crippen LogP contribution in [0.4, 0.5) is 11.4 Å². The first-order chi connectivity index (χ1) is 14.5. The van der Waals surface area contributed by atoms with Crippen molar-refractivity contribution in [2.75, 3.05) is 11.9 Å². The monoisotopic (exact) mass is 421 g/mol. The molecule has 0 aromatic heterocycles. The van der Waals surface area contributed by atoms with Crippen molar-refractivity contribution in [1.29, 1.82) is 0 Å². The molecule has 1 aliphatic rings. The van der Waals surface area contributed by atoms with Crippen LogP contribution in [0, 0.1) is 10.1 Å². The number of nitro groups is 1. The van der Waals surface area contributed by atoms with Gasteiger partial charge in [-0.05, 0) is 29.8 Å². The van der Waals surface area contributed by atoms with Gasteiger partial charge in [0.2, 0.25) is 5.91 Å². The molecule has 3 aromatic rings. The second-order valence-electron chi connectivity index (χ2n) is 6.80. The smallest absolute Gasteiger partial charge is 0.282 e. The first kappa shape index (κ1) is 19.6. The van der Waals surface area contributed by atoms with Crippen molar-refractivity contribution in [2.24, 2.45) is 0 Å². The molecule has 1 aliphatic heterocycles. The largest absolute Gasteiger partial charge is 0.324 e. The summed E-state index contributed by atoms with van der Waals surface area (Å²) in [7, 11) is 0. The highest BCUT2D eigenvalue weighted by atomic mass is 35.5. The highest BCUT2D eigenvalue weighted by Crippen LogP contribution is 2.38. The number of para-hydroxylation sites is 1. The summed E-state index contributed by atoms with van der Waals surface area (Å²) in [6.07, 6.45) is 0. The van der Waals surface area contributed by atoms with Crippen LogP contribution < -0.4 is 5.32 Å². The summed E-state index contributed by atoms with van der Waals surface area (Å²) in [4.78, 5) is 38.3. The van der Waals surface area contributed by atoms with Crippen LogP contribution in [0.5, 0.6) is 0 Å². The Morgan fingerprint density at radius 3 is 2.50 bits per heavy atom. The third kappa shape index (κ3) is 3.62. The Bertz CT molecular complexity index is 1150. The van der Waals surface area contributed by atoms with Gasteiger partial charge in [-0.1, -0.05) is 54.1 Å². The number of amides is 2. The maximum absolute atomic E-state index is 13.5. The van der Waals surface area contributed by atoms with Gasteiger partial charge in [0.05, 0.1) is 11.0 Å². The van der Waals surface area contributed by atoms with Crippen molar-refractivity contribution < 1.29 is 14.5 Å². The molecule has 4 rings (SSSR count). The Balaban J connectivity index is 1.92. The zero-order chi connectivity index (χ0) is 21.3. The average Bonchev–Trinajstić information content (AvgIpc) is 2.89. The number of hydrogen-bond donors (Lipinski definition) is 1. The van der Waals surface area contributed by atoms with E-state index in [1.807, 2.05) is 30.3 Å². The number of nitrogens with one attached hydrogen (secondary N) is 1. The van der Waals surface area contributed by atoms with E-state index in [0.29, 0.717) is 16.3 Å². The quantitative estimate of drug-likeness (QED) is 0.500. The van der Waals surface area contributed by atoms with Crippen LogP contribution >= 0.6 is 11.6 Å². The Labute approximate surface area is 177 Å². The number of carbonyl (C=O) groups is 2. The van der Waals surface area contributed by atoms with E-state index in [0.717, 1.165) is 5.56 Å². The molecule has 3 aromatic carbocycles. The zero-order valence-electron chi connectivity index (χ0n) is 15.6. The van der Waals surface area contributed by atoms with E-state index in [9.17, 15) is 19.7 Å². The molecular weight excluding hydrogens is 406 g/mol. The molecule has 150 valence electrons. The molecule has 0 saturated heterocycles. The molecule has 1 N–H and O–H groups in total. The molecule has 2 amide bonds. The van der Waals surface area contributed by atoms with Gasteiger partial charge in [-0.3, -0.25) is 19.7 Å². The summed E-state index contributed by atoms with van der Waals surface area (Å²) in [5.41, 5.74) is 1.53. The Morgan fingerprint density at radius 2 is 1.77 bits per heavy atom. The Hall–Kier alpha value is -3.71. The van der Waals surface area contributed by atoms with Gasteiger partial charge in [-0.2, -0.15) is 0 Å². The fourth-order valence-corrected chi connectivity index (χ4v) is 3.81. The highest BCUT2D eigenvalue weighted by molar-refractivity contribution is 6.30. The minimum Gasteiger partial charge on any atom is -0.324 e. The average molecular weight is 422 g/mol. The number of nitrogens with zero attached hydrogens (tertiary/aromatic N) is 2. The summed E-state index contributed by atoms with van der Waals surface area (Å²) in [6.45, 7) is -0.267. The van der Waals surface area contributed by atoms with Crippen molar-refractivity contribution >= 4 is 34.8 Å². The van der Waals surface area contributed by atoms with Gasteiger partial charge in [0.15, 0.2) is 0 Å². The van der Waals surface area contributed by atoms with Gasteiger partial charge in [-0.25, -0.2) is 0 Å². The van der Waals surface area contributed by atoms with Crippen LogP contribution in [0.3, 0.4) is 0 Å². The molecule has 30 heavy (non-hydrogen) atoms. The fourth-order valence-electron chi connectivity index (χ4n) is 3.63. The van der Waals surface area contributed by atoms with Gasteiger partial charge in [0.25, 0.3) is 11.6 Å². The van der Waals surface area contributed by atoms with Gasteiger partial charge >= 0.3 is 0 Å². The highest BCUT2D eigenvalue weighted by Gasteiger charge is 2.36. The number of halogens is 1. The first-order valence-electron chi connectivity index (χ1n) is 9.14. The molecule has 1 heterocycles. The molecule has 0 radical (unpaired) electrons. The van der Waals surface area contributed by atoms with Gasteiger partial charge in [-0.15, -0.1) is 0 Å². The lowest BCUT2D eigenvalue weighted by molar-refractivity contribution is -0.385. The molecular formula is C22H16ClN3O4. The van der Waals surface area contributed by atoms with Crippen LogP contribution in [0.2, 0.25) is 5.02 Å². The minimum atomic E-state index is -0.661. The summed E-state index contributed by atoms with van der Waals surface area (Å²) >= 11 is 6.22. The molecule has 0 aliphatic carbocycles. The van der Waals surface area contributed by atoms with Crippen molar-refractivity contribution in [3.05, 3.63) is 105 Å². The van der Waals surface area contributed by atoms with Crippen molar-refractivity contribution in [2.45, 2.75) is 6.04 Å². The number of anilines is 1. The fraction of sp³-hybridized carbons (Fsp3) is 0.0909. The number of carbonyl (C=O) groups excluding carboxylic acids is 2. The van der Waals surface area contributed by atoms with Crippen LogP contribution in [-0.4, -0.2) is 28.2 Å². The second kappa shape index (κ2) is 7.96. The third-order valence-corrected chi connectivity index (χ3v) is 5.15. The summed E-state index contributed by atoms with van der Waals surface area (Å²) in [6, 6.07) is 19.3. The number of nitro benzene ring substituents is 1. The molecule has 8 heteroatoms. The number of hydrogen-bond acceptors (Lipinski definition) is 4. The normalized spacial score (nSPS) is 15.7. The molecule has 0 bridgehead atoms. The van der Waals surface area contributed by atoms with E-state index in [1.165, 1.54) is 23.1 Å². The molecule has 0 unspecified atom stereocenters. The third-order valence-electron chi connectivity index (χ3n) is 4.92. The second-order valence-corrected chi connectivity index (χ2v) is 7.24. The van der Waals surface area contributed by atoms with E-state index >= 15 is 0 Å². The SMILES string of the molecule is O=C1CN(C(=O)c2ccccc2[N+](=O)[O-])[C@H](c2ccccc2)c2cc(Cl)ccc2N1. The van der Waals surface area contributed by atoms with Gasteiger partial charge < -0.3 is 10.2 Å². The van der Waals surface area contributed by atoms with Crippen LogP contribution in [-0.2, 0) is 4.79 Å². The molecule has 7 nitrogen and oxygen atoms in total. The molecule has 1 atom stereocenters. The van der Waals surface area contributed by atoms with E-state index in [4.69, 9.17) is 11.6 Å². The maximum atomic E-state index is 13.5. The first-order valence-corrected chi connectivity index (χ1v) is 9.52.